The lowest BCUT2D eigenvalue weighted by molar-refractivity contribution is -0.00277. The number of hydrogen-bond donors (Lipinski definition) is 2. The Morgan fingerprint density at radius 3 is 2.55 bits per heavy atom. The summed E-state index contributed by atoms with van der Waals surface area (Å²) >= 11 is 5.31. The molecule has 0 aliphatic rings. The Morgan fingerprint density at radius 1 is 1.64 bits per heavy atom. The molecule has 0 aromatic heterocycles. The van der Waals surface area contributed by atoms with Gasteiger partial charge in [0, 0.05) is 18.1 Å². The highest BCUT2D eigenvalue weighted by Crippen LogP contribution is 1.99. The van der Waals surface area contributed by atoms with Crippen LogP contribution in [0.25, 0.3) is 0 Å². The van der Waals surface area contributed by atoms with Crippen LogP contribution in [-0.2, 0) is 0 Å². The number of nitrogens with one attached hydrogen (secondary N) is 1. The summed E-state index contributed by atoms with van der Waals surface area (Å²) in [6, 6.07) is 0. The molecule has 66 valence electrons. The first-order chi connectivity index (χ1) is 5.04. The average Bonchev–Trinajstić information content (AvgIpc) is 1.86. The number of halogens is 3. The first-order valence-corrected chi connectivity index (χ1v) is 3.42. The van der Waals surface area contributed by atoms with Gasteiger partial charge in [-0.05, 0) is 0 Å². The molecule has 5 heteroatoms. The molecule has 1 unspecified atom stereocenters. The molecule has 0 aromatic carbocycles. The fraction of sp³-hybridized carbons (Fsp3) is 0.667. The Balaban J connectivity index is 3.31. The lowest BCUT2D eigenvalue weighted by Gasteiger charge is -2.09. The quantitative estimate of drug-likeness (QED) is 0.669. The molecule has 0 saturated carbocycles. The van der Waals surface area contributed by atoms with Crippen molar-refractivity contribution in [1.82, 2.24) is 5.32 Å². The molecule has 0 heterocycles. The van der Waals surface area contributed by atoms with Gasteiger partial charge < -0.3 is 10.4 Å². The minimum absolute atomic E-state index is 0.177. The van der Waals surface area contributed by atoms with E-state index in [4.69, 9.17) is 16.7 Å². The van der Waals surface area contributed by atoms with Gasteiger partial charge in [-0.1, -0.05) is 18.2 Å². The first kappa shape index (κ1) is 10.8. The molecule has 1 atom stereocenters. The summed E-state index contributed by atoms with van der Waals surface area (Å²) in [5.41, 5.74) is 0. The fourth-order valence-electron chi connectivity index (χ4n) is 0.445. The third-order valence-corrected chi connectivity index (χ3v) is 1.09. The van der Waals surface area contributed by atoms with Gasteiger partial charge in [0.15, 0.2) is 0 Å². The number of rotatable bonds is 5. The molecule has 0 bridgehead atoms. The van der Waals surface area contributed by atoms with Crippen molar-refractivity contribution >= 4 is 11.6 Å². The fourth-order valence-corrected chi connectivity index (χ4v) is 0.539. The van der Waals surface area contributed by atoms with Crippen LogP contribution < -0.4 is 5.32 Å². The summed E-state index contributed by atoms with van der Waals surface area (Å²) < 4.78 is 23.2. The van der Waals surface area contributed by atoms with Gasteiger partial charge in [0.25, 0.3) is 6.43 Å². The molecule has 11 heavy (non-hydrogen) atoms. The molecule has 0 rings (SSSR count). The van der Waals surface area contributed by atoms with E-state index in [2.05, 4.69) is 11.9 Å². The molecule has 2 nitrogen and oxygen atoms in total. The largest absolute Gasteiger partial charge is 0.386 e. The number of alkyl halides is 2. The summed E-state index contributed by atoms with van der Waals surface area (Å²) in [5, 5.41) is 11.4. The average molecular weight is 186 g/mol. The molecule has 0 aromatic rings. The minimum atomic E-state index is -2.72. The molecule has 0 fully saturated rings. The summed E-state index contributed by atoms with van der Waals surface area (Å²) in [6.07, 6.45) is -4.35. The summed E-state index contributed by atoms with van der Waals surface area (Å²) in [7, 11) is 0. The van der Waals surface area contributed by atoms with E-state index < -0.39 is 12.5 Å². The zero-order valence-corrected chi connectivity index (χ0v) is 6.61. The van der Waals surface area contributed by atoms with Crippen molar-refractivity contribution in [3.05, 3.63) is 11.6 Å². The summed E-state index contributed by atoms with van der Waals surface area (Å²) in [6.45, 7) is 3.38. The smallest absolute Gasteiger partial charge is 0.265 e. The predicted molar refractivity (Wildman–Crippen MR) is 39.9 cm³/mol. The molecule has 0 amide bonds. The highest BCUT2D eigenvalue weighted by molar-refractivity contribution is 6.29. The van der Waals surface area contributed by atoms with Crippen LogP contribution in [0.3, 0.4) is 0 Å². The van der Waals surface area contributed by atoms with E-state index in [9.17, 15) is 8.78 Å². The Bertz CT molecular complexity index is 132. The van der Waals surface area contributed by atoms with Crippen LogP contribution in [-0.4, -0.2) is 30.7 Å². The number of aliphatic hydroxyl groups excluding tert-OH is 1. The number of hydrogen-bond acceptors (Lipinski definition) is 2. The van der Waals surface area contributed by atoms with Crippen molar-refractivity contribution in [2.24, 2.45) is 0 Å². The van der Waals surface area contributed by atoms with Crippen molar-refractivity contribution in [2.45, 2.75) is 12.5 Å². The normalized spacial score (nSPS) is 13.5. The topological polar surface area (TPSA) is 32.3 Å². The zero-order valence-electron chi connectivity index (χ0n) is 5.86. The van der Waals surface area contributed by atoms with Gasteiger partial charge in [-0.2, -0.15) is 0 Å². The SMILES string of the molecule is C=C(Cl)CNCC(O)C(F)F. The monoisotopic (exact) mass is 185 g/mol. The molecular weight excluding hydrogens is 176 g/mol. The molecular formula is C6H10ClF2NO. The van der Waals surface area contributed by atoms with Gasteiger partial charge in [-0.25, -0.2) is 8.78 Å². The van der Waals surface area contributed by atoms with Gasteiger partial charge in [0.2, 0.25) is 0 Å². The molecule has 0 aliphatic carbocycles. The van der Waals surface area contributed by atoms with Gasteiger partial charge >= 0.3 is 0 Å². The second-order valence-electron chi connectivity index (χ2n) is 2.05. The minimum Gasteiger partial charge on any atom is -0.386 e. The van der Waals surface area contributed by atoms with Crippen molar-refractivity contribution in [3.63, 3.8) is 0 Å². The standard InChI is InChI=1S/C6H10ClF2NO/c1-4(7)2-10-3-5(11)6(8)9/h5-6,10-11H,1-3H2. The van der Waals surface area contributed by atoms with Crippen LogP contribution in [0.15, 0.2) is 11.6 Å². The van der Waals surface area contributed by atoms with Crippen molar-refractivity contribution < 1.29 is 13.9 Å². The highest BCUT2D eigenvalue weighted by atomic mass is 35.5. The van der Waals surface area contributed by atoms with Crippen LogP contribution in [0.5, 0.6) is 0 Å². The first-order valence-electron chi connectivity index (χ1n) is 3.04. The van der Waals surface area contributed by atoms with Gasteiger partial charge in [-0.15, -0.1) is 0 Å². The second kappa shape index (κ2) is 5.46. The molecule has 2 N–H and O–H groups in total. The van der Waals surface area contributed by atoms with Crippen LogP contribution in [0.1, 0.15) is 0 Å². The summed E-state index contributed by atoms with van der Waals surface area (Å²) in [5.74, 6) is 0. The zero-order chi connectivity index (χ0) is 8.85. The maximum atomic E-state index is 11.6. The highest BCUT2D eigenvalue weighted by Gasteiger charge is 2.15. The lowest BCUT2D eigenvalue weighted by Crippen LogP contribution is -2.32. The lowest BCUT2D eigenvalue weighted by atomic mass is 10.3. The van der Waals surface area contributed by atoms with Gasteiger partial charge in [0.1, 0.15) is 6.10 Å². The molecule has 0 aliphatic heterocycles. The van der Waals surface area contributed by atoms with Gasteiger partial charge in [-0.3, -0.25) is 0 Å². The summed E-state index contributed by atoms with van der Waals surface area (Å²) in [4.78, 5) is 0. The molecule has 0 spiro atoms. The van der Waals surface area contributed by atoms with Crippen molar-refractivity contribution in [3.8, 4) is 0 Å². The Kier molecular flexibility index (Phi) is 5.36. The van der Waals surface area contributed by atoms with E-state index in [1.165, 1.54) is 0 Å². The third-order valence-electron chi connectivity index (χ3n) is 0.961. The van der Waals surface area contributed by atoms with Crippen LogP contribution in [0.2, 0.25) is 0 Å². The van der Waals surface area contributed by atoms with E-state index in [1.807, 2.05) is 0 Å². The van der Waals surface area contributed by atoms with Crippen LogP contribution in [0, 0.1) is 0 Å². The third kappa shape index (κ3) is 6.22. The molecule has 0 saturated heterocycles. The van der Waals surface area contributed by atoms with Crippen LogP contribution >= 0.6 is 11.6 Å². The number of aliphatic hydroxyl groups is 1. The predicted octanol–water partition coefficient (Wildman–Crippen LogP) is 0.954. The van der Waals surface area contributed by atoms with E-state index in [1.54, 1.807) is 0 Å². The maximum absolute atomic E-state index is 11.6. The molecule has 0 radical (unpaired) electrons. The van der Waals surface area contributed by atoms with Crippen molar-refractivity contribution in [1.29, 1.82) is 0 Å². The van der Waals surface area contributed by atoms with Gasteiger partial charge in [0.05, 0.1) is 0 Å². The van der Waals surface area contributed by atoms with Crippen molar-refractivity contribution in [2.75, 3.05) is 13.1 Å². The Labute approximate surface area is 68.9 Å². The Hall–Kier alpha value is -0.190. The maximum Gasteiger partial charge on any atom is 0.265 e. The Morgan fingerprint density at radius 2 is 2.18 bits per heavy atom. The van der Waals surface area contributed by atoms with E-state index >= 15 is 0 Å². The van der Waals surface area contributed by atoms with Crippen LogP contribution in [0.4, 0.5) is 8.78 Å². The van der Waals surface area contributed by atoms with E-state index in [-0.39, 0.29) is 13.1 Å². The van der Waals surface area contributed by atoms with E-state index in [0.717, 1.165) is 0 Å². The second-order valence-corrected chi connectivity index (χ2v) is 2.58. The van der Waals surface area contributed by atoms with E-state index in [0.29, 0.717) is 5.03 Å².